The third-order valence-corrected chi connectivity index (χ3v) is 2.03. The molecule has 0 bridgehead atoms. The van der Waals surface area contributed by atoms with E-state index in [-0.39, 0.29) is 6.08 Å². The van der Waals surface area contributed by atoms with E-state index in [1.165, 1.54) is 6.26 Å². The van der Waals surface area contributed by atoms with Gasteiger partial charge in [0.25, 0.3) is 0 Å². The Bertz CT molecular complexity index is 439. The molecule has 0 unspecified atom stereocenters. The summed E-state index contributed by atoms with van der Waals surface area (Å²) in [4.78, 5) is 8.08. The predicted molar refractivity (Wildman–Crippen MR) is 55.1 cm³/mol. The van der Waals surface area contributed by atoms with E-state index < -0.39 is 0 Å². The molecule has 78 valence electrons. The van der Waals surface area contributed by atoms with Crippen molar-refractivity contribution >= 4 is 11.6 Å². The number of rotatable bonds is 3. The van der Waals surface area contributed by atoms with E-state index in [4.69, 9.17) is 20.8 Å². The van der Waals surface area contributed by atoms with Gasteiger partial charge in [-0.05, 0) is 19.1 Å². The van der Waals surface area contributed by atoms with Crippen molar-refractivity contribution in [1.82, 2.24) is 9.97 Å². The third-order valence-electron chi connectivity index (χ3n) is 1.76. The van der Waals surface area contributed by atoms with Crippen molar-refractivity contribution in [3.05, 3.63) is 36.0 Å². The van der Waals surface area contributed by atoms with Crippen molar-refractivity contribution in [2.45, 2.75) is 12.8 Å². The molecule has 2 aromatic heterocycles. The number of halogens is 1. The van der Waals surface area contributed by atoms with Crippen molar-refractivity contribution in [3.8, 4) is 11.8 Å². The van der Waals surface area contributed by atoms with Crippen molar-refractivity contribution in [3.63, 3.8) is 0 Å². The van der Waals surface area contributed by atoms with Crippen LogP contribution in [0.25, 0.3) is 0 Å². The standard InChI is InChI=1S/C10H9ClN2O2/c1-7-2-3-9(5-12-7)15-10-13-8(4-11)6-14-10/h2-3,5-6H,4H2,1H3. The van der Waals surface area contributed by atoms with Gasteiger partial charge in [0, 0.05) is 5.69 Å². The van der Waals surface area contributed by atoms with Gasteiger partial charge in [-0.1, -0.05) is 0 Å². The van der Waals surface area contributed by atoms with Crippen LogP contribution in [0.1, 0.15) is 11.4 Å². The fourth-order valence-corrected chi connectivity index (χ4v) is 1.13. The number of ether oxygens (including phenoxy) is 1. The number of aryl methyl sites for hydroxylation is 1. The number of nitrogens with zero attached hydrogens (tertiary/aromatic N) is 2. The third kappa shape index (κ3) is 2.47. The van der Waals surface area contributed by atoms with E-state index in [0.717, 1.165) is 5.69 Å². The van der Waals surface area contributed by atoms with Crippen molar-refractivity contribution in [2.75, 3.05) is 0 Å². The maximum Gasteiger partial charge on any atom is 0.399 e. The van der Waals surface area contributed by atoms with Gasteiger partial charge in [-0.3, -0.25) is 4.98 Å². The van der Waals surface area contributed by atoms with Gasteiger partial charge in [0.1, 0.15) is 6.26 Å². The highest BCUT2D eigenvalue weighted by Crippen LogP contribution is 2.20. The molecule has 2 aromatic rings. The second-order valence-corrected chi connectivity index (χ2v) is 3.24. The van der Waals surface area contributed by atoms with Gasteiger partial charge in [0.05, 0.1) is 17.8 Å². The van der Waals surface area contributed by atoms with Crippen LogP contribution in [0.15, 0.2) is 29.0 Å². The second-order valence-electron chi connectivity index (χ2n) is 2.98. The molecule has 5 heteroatoms. The van der Waals surface area contributed by atoms with Crippen LogP contribution in [0.3, 0.4) is 0 Å². The molecule has 0 saturated heterocycles. The first-order valence-corrected chi connectivity index (χ1v) is 4.92. The quantitative estimate of drug-likeness (QED) is 0.753. The first kappa shape index (κ1) is 9.98. The van der Waals surface area contributed by atoms with Gasteiger partial charge in [-0.25, -0.2) is 0 Å². The van der Waals surface area contributed by atoms with E-state index in [9.17, 15) is 0 Å². The van der Waals surface area contributed by atoms with Crippen LogP contribution in [0.4, 0.5) is 0 Å². The molecule has 0 aromatic carbocycles. The summed E-state index contributed by atoms with van der Waals surface area (Å²) in [5.74, 6) is 0.891. The Labute approximate surface area is 91.9 Å². The van der Waals surface area contributed by atoms with Crippen LogP contribution in [0, 0.1) is 6.92 Å². The van der Waals surface area contributed by atoms with Crippen molar-refractivity contribution in [1.29, 1.82) is 0 Å². The zero-order valence-electron chi connectivity index (χ0n) is 8.11. The molecule has 0 fully saturated rings. The fourth-order valence-electron chi connectivity index (χ4n) is 1.01. The molecule has 4 nitrogen and oxygen atoms in total. The first-order chi connectivity index (χ1) is 7.28. The molecule has 15 heavy (non-hydrogen) atoms. The molecule has 2 rings (SSSR count). The maximum atomic E-state index is 5.57. The Morgan fingerprint density at radius 3 is 2.93 bits per heavy atom. The van der Waals surface area contributed by atoms with Crippen molar-refractivity contribution in [2.24, 2.45) is 0 Å². The molecular formula is C10H9ClN2O2. The SMILES string of the molecule is Cc1ccc(Oc2nc(CCl)co2)cn1. The topological polar surface area (TPSA) is 48.2 Å². The maximum absolute atomic E-state index is 5.57. The summed E-state index contributed by atoms with van der Waals surface area (Å²) in [5, 5.41) is 0. The highest BCUT2D eigenvalue weighted by Gasteiger charge is 2.05. The monoisotopic (exact) mass is 224 g/mol. The number of oxazole rings is 1. The minimum Gasteiger partial charge on any atom is -0.417 e. The summed E-state index contributed by atoms with van der Waals surface area (Å²) in [6, 6.07) is 3.65. The number of pyridine rings is 1. The predicted octanol–water partition coefficient (Wildman–Crippen LogP) is 2.91. The van der Waals surface area contributed by atoms with E-state index in [1.54, 1.807) is 12.3 Å². The molecule has 0 amide bonds. The molecule has 0 aliphatic heterocycles. The lowest BCUT2D eigenvalue weighted by molar-refractivity contribution is 0.329. The Morgan fingerprint density at radius 2 is 2.33 bits per heavy atom. The largest absolute Gasteiger partial charge is 0.417 e. The summed E-state index contributed by atoms with van der Waals surface area (Å²) in [6.45, 7) is 1.90. The van der Waals surface area contributed by atoms with Crippen LogP contribution in [0.2, 0.25) is 0 Å². The zero-order valence-corrected chi connectivity index (χ0v) is 8.86. The lowest BCUT2D eigenvalue weighted by Gasteiger charge is -1.99. The number of aromatic nitrogens is 2. The molecule has 0 saturated carbocycles. The number of hydrogen-bond donors (Lipinski definition) is 0. The lowest BCUT2D eigenvalue weighted by Crippen LogP contribution is -1.87. The number of alkyl halides is 1. The van der Waals surface area contributed by atoms with Gasteiger partial charge in [-0.15, -0.1) is 11.6 Å². The average Bonchev–Trinajstić information content (AvgIpc) is 2.69. The highest BCUT2D eigenvalue weighted by atomic mass is 35.5. The van der Waals surface area contributed by atoms with Crippen LogP contribution >= 0.6 is 11.6 Å². The van der Waals surface area contributed by atoms with Crippen LogP contribution < -0.4 is 4.74 Å². The zero-order chi connectivity index (χ0) is 10.7. The van der Waals surface area contributed by atoms with Crippen LogP contribution in [0.5, 0.6) is 11.8 Å². The highest BCUT2D eigenvalue weighted by molar-refractivity contribution is 6.16. The molecule has 0 atom stereocenters. The minimum absolute atomic E-state index is 0.177. The van der Waals surface area contributed by atoms with Gasteiger partial charge in [0.2, 0.25) is 0 Å². The minimum atomic E-state index is 0.177. The Morgan fingerprint density at radius 1 is 1.47 bits per heavy atom. The van der Waals surface area contributed by atoms with Crippen LogP contribution in [-0.2, 0) is 5.88 Å². The first-order valence-electron chi connectivity index (χ1n) is 4.39. The van der Waals surface area contributed by atoms with Gasteiger partial charge in [0.15, 0.2) is 5.75 Å². The summed E-state index contributed by atoms with van der Waals surface area (Å²) in [6.07, 6.45) is 3.25. The summed E-state index contributed by atoms with van der Waals surface area (Å²) in [5.41, 5.74) is 1.57. The summed E-state index contributed by atoms with van der Waals surface area (Å²) < 4.78 is 10.4. The Kier molecular flexibility index (Phi) is 2.87. The molecule has 0 N–H and O–H groups in total. The van der Waals surface area contributed by atoms with Crippen LogP contribution in [-0.4, -0.2) is 9.97 Å². The van der Waals surface area contributed by atoms with Gasteiger partial charge >= 0.3 is 6.08 Å². The van der Waals surface area contributed by atoms with Crippen molar-refractivity contribution < 1.29 is 9.15 Å². The molecule has 0 aliphatic rings. The lowest BCUT2D eigenvalue weighted by atomic mass is 10.4. The summed E-state index contributed by atoms with van der Waals surface area (Å²) >= 11 is 5.57. The second kappa shape index (κ2) is 4.31. The molecule has 0 spiro atoms. The summed E-state index contributed by atoms with van der Waals surface area (Å²) in [7, 11) is 0. The van der Waals surface area contributed by atoms with Gasteiger partial charge in [-0.2, -0.15) is 4.98 Å². The van der Waals surface area contributed by atoms with E-state index in [0.29, 0.717) is 17.3 Å². The van der Waals surface area contributed by atoms with E-state index in [2.05, 4.69) is 9.97 Å². The fraction of sp³-hybridized carbons (Fsp3) is 0.200. The molecular weight excluding hydrogens is 216 g/mol. The smallest absolute Gasteiger partial charge is 0.399 e. The van der Waals surface area contributed by atoms with E-state index in [1.807, 2.05) is 13.0 Å². The normalized spacial score (nSPS) is 10.3. The average molecular weight is 225 g/mol. The van der Waals surface area contributed by atoms with E-state index >= 15 is 0 Å². The Hall–Kier alpha value is -1.55. The molecule has 2 heterocycles. The van der Waals surface area contributed by atoms with Gasteiger partial charge < -0.3 is 9.15 Å². The number of hydrogen-bond acceptors (Lipinski definition) is 4. The Balaban J connectivity index is 2.11. The molecule has 0 radical (unpaired) electrons. The molecule has 0 aliphatic carbocycles.